The van der Waals surface area contributed by atoms with Crippen LogP contribution in [-0.4, -0.2) is 28.6 Å². The Kier molecular flexibility index (Phi) is 5.11. The Balaban J connectivity index is 1.91. The average molecular weight is 355 g/mol. The van der Waals surface area contributed by atoms with E-state index in [0.717, 1.165) is 35.6 Å². The molecule has 26 heavy (non-hydrogen) atoms. The number of methoxy groups -OCH3 is 1. The summed E-state index contributed by atoms with van der Waals surface area (Å²) in [6.45, 7) is 6.11. The van der Waals surface area contributed by atoms with E-state index in [1.807, 2.05) is 32.0 Å². The van der Waals surface area contributed by atoms with Crippen molar-refractivity contribution in [1.82, 2.24) is 15.3 Å². The summed E-state index contributed by atoms with van der Waals surface area (Å²) in [4.78, 5) is 21.2. The average Bonchev–Trinajstić information content (AvgIpc) is 2.61. The van der Waals surface area contributed by atoms with E-state index in [0.29, 0.717) is 12.0 Å². The van der Waals surface area contributed by atoms with Crippen LogP contribution in [0.25, 0.3) is 0 Å². The lowest BCUT2D eigenvalue weighted by atomic mass is 9.89. The fourth-order valence-electron chi connectivity index (χ4n) is 3.31. The Morgan fingerprint density at radius 3 is 2.96 bits per heavy atom. The maximum atomic E-state index is 12.9. The van der Waals surface area contributed by atoms with E-state index < -0.39 is 0 Å². The molecular formula is C20H25N3O3. The van der Waals surface area contributed by atoms with Gasteiger partial charge in [-0.05, 0) is 38.5 Å². The van der Waals surface area contributed by atoms with Gasteiger partial charge >= 0.3 is 0 Å². The van der Waals surface area contributed by atoms with Gasteiger partial charge in [-0.2, -0.15) is 0 Å². The van der Waals surface area contributed by atoms with Crippen LogP contribution >= 0.6 is 0 Å². The van der Waals surface area contributed by atoms with Crippen LogP contribution in [0.4, 0.5) is 0 Å². The van der Waals surface area contributed by atoms with E-state index in [-0.39, 0.29) is 17.6 Å². The molecule has 1 N–H and O–H groups in total. The zero-order valence-electron chi connectivity index (χ0n) is 15.7. The molecule has 1 aliphatic rings. The van der Waals surface area contributed by atoms with Crippen LogP contribution in [0, 0.1) is 0 Å². The van der Waals surface area contributed by atoms with Crippen molar-refractivity contribution in [3.8, 4) is 11.5 Å². The number of carbonyl (C=O) groups excluding carboxylic acids is 1. The molecule has 1 amide bonds. The van der Waals surface area contributed by atoms with E-state index in [4.69, 9.17) is 9.47 Å². The molecule has 6 heteroatoms. The van der Waals surface area contributed by atoms with Gasteiger partial charge in [-0.25, -0.2) is 9.97 Å². The molecule has 0 radical (unpaired) electrons. The molecule has 2 heterocycles. The van der Waals surface area contributed by atoms with Gasteiger partial charge < -0.3 is 14.8 Å². The van der Waals surface area contributed by atoms with E-state index in [1.165, 1.54) is 6.33 Å². The van der Waals surface area contributed by atoms with Crippen molar-refractivity contribution in [3.63, 3.8) is 0 Å². The molecule has 6 nitrogen and oxygen atoms in total. The lowest BCUT2D eigenvalue weighted by Crippen LogP contribution is -2.41. The number of rotatable bonds is 5. The molecular weight excluding hydrogens is 330 g/mol. The van der Waals surface area contributed by atoms with Gasteiger partial charge in [-0.15, -0.1) is 0 Å². The van der Waals surface area contributed by atoms with Gasteiger partial charge in [0.2, 0.25) is 0 Å². The molecule has 0 unspecified atom stereocenters. The zero-order chi connectivity index (χ0) is 18.7. The van der Waals surface area contributed by atoms with Crippen molar-refractivity contribution in [2.75, 3.05) is 7.11 Å². The predicted octanol–water partition coefficient (Wildman–Crippen LogP) is 3.47. The number of carbonyl (C=O) groups is 1. The molecule has 0 aliphatic carbocycles. The van der Waals surface area contributed by atoms with Gasteiger partial charge in [0.05, 0.1) is 24.4 Å². The molecule has 0 spiro atoms. The summed E-state index contributed by atoms with van der Waals surface area (Å²) in [7, 11) is 1.63. The number of benzene rings is 1. The first kappa shape index (κ1) is 18.2. The standard InChI is InChI=1S/C20H25N3O3/c1-5-6-16-15(11-21-12-22-16)19(24)23-17-10-20(2,3)26-18-8-7-13(25-4)9-14(17)18/h7-9,11-12,17H,5-6,10H2,1-4H3,(H,23,24)/t17-/m0/s1. The molecule has 1 aliphatic heterocycles. The Bertz CT molecular complexity index is 805. The first-order valence-electron chi connectivity index (χ1n) is 8.90. The third-order valence-electron chi connectivity index (χ3n) is 4.51. The first-order valence-corrected chi connectivity index (χ1v) is 8.90. The lowest BCUT2D eigenvalue weighted by molar-refractivity contribution is 0.0617. The minimum atomic E-state index is -0.376. The summed E-state index contributed by atoms with van der Waals surface area (Å²) in [6.07, 6.45) is 5.40. The summed E-state index contributed by atoms with van der Waals surface area (Å²) in [6, 6.07) is 5.50. The zero-order valence-corrected chi connectivity index (χ0v) is 15.7. The number of hydrogen-bond donors (Lipinski definition) is 1. The third-order valence-corrected chi connectivity index (χ3v) is 4.51. The largest absolute Gasteiger partial charge is 0.497 e. The van der Waals surface area contributed by atoms with Crippen molar-refractivity contribution >= 4 is 5.91 Å². The summed E-state index contributed by atoms with van der Waals surface area (Å²) < 4.78 is 11.4. The summed E-state index contributed by atoms with van der Waals surface area (Å²) in [5, 5.41) is 3.14. The normalized spacial score (nSPS) is 17.8. The second-order valence-electron chi connectivity index (χ2n) is 7.13. The van der Waals surface area contributed by atoms with Crippen LogP contribution < -0.4 is 14.8 Å². The van der Waals surface area contributed by atoms with Crippen LogP contribution in [0.2, 0.25) is 0 Å². The SMILES string of the molecule is CCCc1ncncc1C(=O)N[C@H]1CC(C)(C)Oc2ccc(OC)cc21. The maximum Gasteiger partial charge on any atom is 0.255 e. The number of hydrogen-bond acceptors (Lipinski definition) is 5. The number of fused-ring (bicyclic) bond motifs is 1. The molecule has 0 fully saturated rings. The van der Waals surface area contributed by atoms with Crippen molar-refractivity contribution < 1.29 is 14.3 Å². The van der Waals surface area contributed by atoms with E-state index in [1.54, 1.807) is 13.3 Å². The van der Waals surface area contributed by atoms with Gasteiger partial charge in [-0.3, -0.25) is 4.79 Å². The number of nitrogens with zero attached hydrogens (tertiary/aromatic N) is 2. The minimum absolute atomic E-state index is 0.162. The Labute approximate surface area is 154 Å². The van der Waals surface area contributed by atoms with Crippen molar-refractivity contribution in [3.05, 3.63) is 47.5 Å². The predicted molar refractivity (Wildman–Crippen MR) is 98.6 cm³/mol. The van der Waals surface area contributed by atoms with Gasteiger partial charge in [0, 0.05) is 18.2 Å². The molecule has 0 saturated heterocycles. The number of ether oxygens (including phenoxy) is 2. The molecule has 2 aromatic rings. The van der Waals surface area contributed by atoms with Crippen molar-refractivity contribution in [2.24, 2.45) is 0 Å². The van der Waals surface area contributed by atoms with Gasteiger partial charge in [0.25, 0.3) is 5.91 Å². The quantitative estimate of drug-likeness (QED) is 0.889. The van der Waals surface area contributed by atoms with Crippen molar-refractivity contribution in [1.29, 1.82) is 0 Å². The van der Waals surface area contributed by atoms with E-state index >= 15 is 0 Å². The molecule has 0 saturated carbocycles. The van der Waals surface area contributed by atoms with Crippen LogP contribution in [0.5, 0.6) is 11.5 Å². The van der Waals surface area contributed by atoms with E-state index in [9.17, 15) is 4.79 Å². The Hall–Kier alpha value is -2.63. The lowest BCUT2D eigenvalue weighted by Gasteiger charge is -2.38. The highest BCUT2D eigenvalue weighted by molar-refractivity contribution is 5.95. The molecule has 1 aromatic carbocycles. The second kappa shape index (κ2) is 7.32. The smallest absolute Gasteiger partial charge is 0.255 e. The third kappa shape index (κ3) is 3.79. The van der Waals surface area contributed by atoms with Gasteiger partial charge in [0.15, 0.2) is 0 Å². The van der Waals surface area contributed by atoms with Gasteiger partial charge in [0.1, 0.15) is 23.4 Å². The highest BCUT2D eigenvalue weighted by Crippen LogP contribution is 2.41. The molecule has 1 atom stereocenters. The summed E-state index contributed by atoms with van der Waals surface area (Å²) in [5.74, 6) is 1.34. The van der Waals surface area contributed by atoms with E-state index in [2.05, 4.69) is 22.2 Å². The van der Waals surface area contributed by atoms with Crippen molar-refractivity contribution in [2.45, 2.75) is 51.7 Å². The fraction of sp³-hybridized carbons (Fsp3) is 0.450. The molecule has 1 aromatic heterocycles. The highest BCUT2D eigenvalue weighted by Gasteiger charge is 2.35. The minimum Gasteiger partial charge on any atom is -0.497 e. The number of amides is 1. The summed E-state index contributed by atoms with van der Waals surface area (Å²) in [5.41, 5.74) is 1.85. The number of aryl methyl sites for hydroxylation is 1. The second-order valence-corrected chi connectivity index (χ2v) is 7.13. The van der Waals surface area contributed by atoms with Crippen LogP contribution in [-0.2, 0) is 6.42 Å². The Morgan fingerprint density at radius 1 is 1.42 bits per heavy atom. The molecule has 0 bridgehead atoms. The number of aromatic nitrogens is 2. The highest BCUT2D eigenvalue weighted by atomic mass is 16.5. The number of nitrogens with one attached hydrogen (secondary N) is 1. The van der Waals surface area contributed by atoms with Crippen LogP contribution in [0.3, 0.4) is 0 Å². The molecule has 3 rings (SSSR count). The fourth-order valence-corrected chi connectivity index (χ4v) is 3.31. The maximum absolute atomic E-state index is 12.9. The topological polar surface area (TPSA) is 73.3 Å². The molecule has 138 valence electrons. The van der Waals surface area contributed by atoms with Crippen LogP contribution in [0.15, 0.2) is 30.7 Å². The monoisotopic (exact) mass is 355 g/mol. The Morgan fingerprint density at radius 2 is 2.23 bits per heavy atom. The van der Waals surface area contributed by atoms with Gasteiger partial charge in [-0.1, -0.05) is 13.3 Å². The van der Waals surface area contributed by atoms with Crippen LogP contribution in [0.1, 0.15) is 61.3 Å². The summed E-state index contributed by atoms with van der Waals surface area (Å²) >= 11 is 0. The first-order chi connectivity index (χ1) is 12.4.